The minimum Gasteiger partial charge on any atom is -0.343 e. The van der Waals surface area contributed by atoms with Gasteiger partial charge in [0.25, 0.3) is 0 Å². The summed E-state index contributed by atoms with van der Waals surface area (Å²) in [6, 6.07) is 4.76. The highest BCUT2D eigenvalue weighted by Crippen LogP contribution is 2.23. The molecule has 2 fully saturated rings. The van der Waals surface area contributed by atoms with Crippen molar-refractivity contribution in [3.05, 3.63) is 35.8 Å². The second-order valence-electron chi connectivity index (χ2n) is 7.55. The summed E-state index contributed by atoms with van der Waals surface area (Å²) >= 11 is 0. The van der Waals surface area contributed by atoms with Crippen LogP contribution in [0.15, 0.2) is 24.5 Å². The number of pyridine rings is 1. The van der Waals surface area contributed by atoms with Gasteiger partial charge in [-0.1, -0.05) is 12.5 Å². The van der Waals surface area contributed by atoms with Gasteiger partial charge in [-0.05, 0) is 50.8 Å². The first kappa shape index (κ1) is 16.6. The smallest absolute Gasteiger partial charge is 0.222 e. The molecule has 0 N–H and O–H groups in total. The zero-order valence-electron chi connectivity index (χ0n) is 15.2. The number of likely N-dealkylation sites (tertiary alicyclic amines) is 2. The van der Waals surface area contributed by atoms with E-state index in [1.54, 1.807) is 0 Å². The van der Waals surface area contributed by atoms with Crippen molar-refractivity contribution >= 4 is 11.6 Å². The molecule has 1 amide bonds. The van der Waals surface area contributed by atoms with Crippen LogP contribution in [0.2, 0.25) is 0 Å². The molecule has 0 bridgehead atoms. The van der Waals surface area contributed by atoms with Crippen LogP contribution in [0.1, 0.15) is 49.8 Å². The lowest BCUT2D eigenvalue weighted by atomic mass is 9.99. The number of aryl methyl sites for hydroxylation is 1. The number of piperidine rings is 1. The Balaban J connectivity index is 1.43. The molecule has 1 atom stereocenters. The number of amides is 1. The average Bonchev–Trinajstić information content (AvgIpc) is 3.21. The first-order valence-corrected chi connectivity index (χ1v) is 9.66. The molecule has 2 aliphatic rings. The molecule has 4 rings (SSSR count). The minimum absolute atomic E-state index is 0.346. The molecule has 0 radical (unpaired) electrons. The van der Waals surface area contributed by atoms with E-state index in [9.17, 15) is 4.79 Å². The molecule has 2 saturated heterocycles. The standard InChI is InChI=1S/C20H28N4O/c1-16-6-4-12-24-15-17(21-20(16)24)14-23-10-3-2-7-18(23)9-13-22-11-5-8-19(22)25/h4,6,12,15,18H,2-3,5,7-11,13-14H2,1H3/t18-/m0/s1. The SMILES string of the molecule is Cc1cccn2cc(CN3CCCC[C@H]3CCN3CCCC3=O)nc12. The molecular formula is C20H28N4O. The number of carbonyl (C=O) groups excluding carboxylic acids is 1. The fourth-order valence-corrected chi connectivity index (χ4v) is 4.33. The van der Waals surface area contributed by atoms with Crippen LogP contribution >= 0.6 is 0 Å². The van der Waals surface area contributed by atoms with Crippen molar-refractivity contribution in [1.29, 1.82) is 0 Å². The summed E-state index contributed by atoms with van der Waals surface area (Å²) in [5.41, 5.74) is 3.43. The molecule has 2 aromatic heterocycles. The summed E-state index contributed by atoms with van der Waals surface area (Å²) in [5.74, 6) is 0.346. The highest BCUT2D eigenvalue weighted by Gasteiger charge is 2.26. The van der Waals surface area contributed by atoms with Crippen LogP contribution in [0.5, 0.6) is 0 Å². The van der Waals surface area contributed by atoms with E-state index in [-0.39, 0.29) is 0 Å². The quantitative estimate of drug-likeness (QED) is 0.840. The van der Waals surface area contributed by atoms with Crippen LogP contribution < -0.4 is 0 Å². The monoisotopic (exact) mass is 340 g/mol. The van der Waals surface area contributed by atoms with Crippen molar-refractivity contribution in [1.82, 2.24) is 19.2 Å². The Labute approximate surface area is 149 Å². The number of imidazole rings is 1. The highest BCUT2D eigenvalue weighted by atomic mass is 16.2. The van der Waals surface area contributed by atoms with E-state index in [1.165, 1.54) is 24.8 Å². The molecule has 0 spiro atoms. The number of fused-ring (bicyclic) bond motifs is 1. The lowest BCUT2D eigenvalue weighted by Gasteiger charge is -2.36. The minimum atomic E-state index is 0.346. The van der Waals surface area contributed by atoms with Gasteiger partial charge in [0.1, 0.15) is 5.65 Å². The topological polar surface area (TPSA) is 40.9 Å². The fraction of sp³-hybridized carbons (Fsp3) is 0.600. The molecule has 5 nitrogen and oxygen atoms in total. The van der Waals surface area contributed by atoms with Crippen molar-refractivity contribution in [3.8, 4) is 0 Å². The van der Waals surface area contributed by atoms with Crippen molar-refractivity contribution in [2.45, 2.75) is 58.0 Å². The fourth-order valence-electron chi connectivity index (χ4n) is 4.33. The van der Waals surface area contributed by atoms with Crippen LogP contribution in [-0.2, 0) is 11.3 Å². The number of aromatic nitrogens is 2. The van der Waals surface area contributed by atoms with Gasteiger partial charge in [-0.3, -0.25) is 9.69 Å². The molecule has 134 valence electrons. The van der Waals surface area contributed by atoms with Crippen LogP contribution in [0, 0.1) is 6.92 Å². The van der Waals surface area contributed by atoms with Gasteiger partial charge in [0.15, 0.2) is 0 Å². The van der Waals surface area contributed by atoms with E-state index in [2.05, 4.69) is 45.7 Å². The normalized spacial score (nSPS) is 22.2. The Kier molecular flexibility index (Phi) is 4.75. The van der Waals surface area contributed by atoms with Crippen molar-refractivity contribution in [2.24, 2.45) is 0 Å². The number of hydrogen-bond donors (Lipinski definition) is 0. The van der Waals surface area contributed by atoms with Crippen molar-refractivity contribution in [2.75, 3.05) is 19.6 Å². The van der Waals surface area contributed by atoms with E-state index in [1.807, 2.05) is 0 Å². The maximum Gasteiger partial charge on any atom is 0.222 e. The molecule has 0 unspecified atom stereocenters. The van der Waals surface area contributed by atoms with Gasteiger partial charge in [0, 0.05) is 44.5 Å². The first-order chi connectivity index (χ1) is 12.2. The van der Waals surface area contributed by atoms with Gasteiger partial charge in [-0.25, -0.2) is 4.98 Å². The summed E-state index contributed by atoms with van der Waals surface area (Å²) in [4.78, 5) is 21.3. The predicted octanol–water partition coefficient (Wildman–Crippen LogP) is 3.01. The Morgan fingerprint density at radius 3 is 2.96 bits per heavy atom. The van der Waals surface area contributed by atoms with Crippen LogP contribution in [0.4, 0.5) is 0 Å². The van der Waals surface area contributed by atoms with Crippen LogP contribution in [0.25, 0.3) is 5.65 Å². The summed E-state index contributed by atoms with van der Waals surface area (Å²) in [6.45, 7) is 6.05. The molecule has 25 heavy (non-hydrogen) atoms. The van der Waals surface area contributed by atoms with E-state index < -0.39 is 0 Å². The molecule has 2 aromatic rings. The molecule has 2 aliphatic heterocycles. The van der Waals surface area contributed by atoms with Gasteiger partial charge in [0.2, 0.25) is 5.91 Å². The lowest BCUT2D eigenvalue weighted by molar-refractivity contribution is -0.127. The Bertz CT molecular complexity index is 753. The summed E-state index contributed by atoms with van der Waals surface area (Å²) in [6.07, 6.45) is 10.9. The van der Waals surface area contributed by atoms with E-state index in [4.69, 9.17) is 4.98 Å². The molecule has 0 aliphatic carbocycles. The van der Waals surface area contributed by atoms with E-state index in [0.717, 1.165) is 56.8 Å². The van der Waals surface area contributed by atoms with E-state index in [0.29, 0.717) is 11.9 Å². The van der Waals surface area contributed by atoms with Crippen LogP contribution in [0.3, 0.4) is 0 Å². The maximum atomic E-state index is 11.9. The second-order valence-corrected chi connectivity index (χ2v) is 7.55. The van der Waals surface area contributed by atoms with Gasteiger partial charge < -0.3 is 9.30 Å². The van der Waals surface area contributed by atoms with Gasteiger partial charge in [-0.15, -0.1) is 0 Å². The van der Waals surface area contributed by atoms with Crippen LogP contribution in [-0.4, -0.2) is 50.8 Å². The highest BCUT2D eigenvalue weighted by molar-refractivity contribution is 5.78. The van der Waals surface area contributed by atoms with Gasteiger partial charge in [0.05, 0.1) is 5.69 Å². The van der Waals surface area contributed by atoms with E-state index >= 15 is 0 Å². The summed E-state index contributed by atoms with van der Waals surface area (Å²) < 4.78 is 2.13. The average molecular weight is 340 g/mol. The number of carbonyl (C=O) groups is 1. The first-order valence-electron chi connectivity index (χ1n) is 9.66. The summed E-state index contributed by atoms with van der Waals surface area (Å²) in [5, 5.41) is 0. The van der Waals surface area contributed by atoms with Crippen molar-refractivity contribution in [3.63, 3.8) is 0 Å². The number of nitrogens with zero attached hydrogens (tertiary/aromatic N) is 4. The molecule has 5 heteroatoms. The summed E-state index contributed by atoms with van der Waals surface area (Å²) in [7, 11) is 0. The third-order valence-corrected chi connectivity index (χ3v) is 5.75. The Hall–Kier alpha value is -1.88. The molecular weight excluding hydrogens is 312 g/mol. The largest absolute Gasteiger partial charge is 0.343 e. The predicted molar refractivity (Wildman–Crippen MR) is 98.4 cm³/mol. The number of rotatable bonds is 5. The molecule has 0 aromatic carbocycles. The van der Waals surface area contributed by atoms with Gasteiger partial charge in [-0.2, -0.15) is 0 Å². The molecule has 4 heterocycles. The number of hydrogen-bond acceptors (Lipinski definition) is 3. The lowest BCUT2D eigenvalue weighted by Crippen LogP contribution is -2.41. The maximum absolute atomic E-state index is 11.9. The third-order valence-electron chi connectivity index (χ3n) is 5.75. The second kappa shape index (κ2) is 7.16. The zero-order valence-corrected chi connectivity index (χ0v) is 15.2. The Morgan fingerprint density at radius 2 is 2.16 bits per heavy atom. The van der Waals surface area contributed by atoms with Gasteiger partial charge >= 0.3 is 0 Å². The third kappa shape index (κ3) is 3.56. The zero-order chi connectivity index (χ0) is 17.2. The molecule has 0 saturated carbocycles. The Morgan fingerprint density at radius 1 is 1.24 bits per heavy atom. The van der Waals surface area contributed by atoms with Crippen molar-refractivity contribution < 1.29 is 4.79 Å².